The Hall–Kier alpha value is -1.10. The topological polar surface area (TPSA) is 50.7 Å². The van der Waals surface area contributed by atoms with Crippen molar-refractivity contribution >= 4 is 27.0 Å². The first-order chi connectivity index (χ1) is 7.04. The van der Waals surface area contributed by atoms with Gasteiger partial charge in [0.25, 0.3) is 5.56 Å². The Balaban J connectivity index is 3.01. The average molecular weight is 270 g/mol. The van der Waals surface area contributed by atoms with Crippen LogP contribution in [0.1, 0.15) is 25.3 Å². The van der Waals surface area contributed by atoms with Crippen LogP contribution in [-0.2, 0) is 7.05 Å². The molecule has 2 aromatic heterocycles. The summed E-state index contributed by atoms with van der Waals surface area (Å²) in [7, 11) is 1.73. The van der Waals surface area contributed by atoms with Crippen LogP contribution < -0.4 is 5.56 Å². The van der Waals surface area contributed by atoms with E-state index < -0.39 is 0 Å². The number of aromatic nitrogens is 3. The van der Waals surface area contributed by atoms with Crippen molar-refractivity contribution in [3.05, 3.63) is 26.6 Å². The van der Waals surface area contributed by atoms with Crippen molar-refractivity contribution in [2.45, 2.75) is 19.8 Å². The molecule has 0 bridgehead atoms. The number of hydrogen-bond acceptors (Lipinski definition) is 2. The van der Waals surface area contributed by atoms with Crippen molar-refractivity contribution in [2.24, 2.45) is 7.05 Å². The Labute approximate surface area is 95.4 Å². The van der Waals surface area contributed by atoms with E-state index in [1.165, 1.54) is 0 Å². The van der Waals surface area contributed by atoms with Gasteiger partial charge in [-0.3, -0.25) is 14.5 Å². The fourth-order valence-corrected chi connectivity index (χ4v) is 2.72. The normalized spacial score (nSPS) is 11.5. The molecule has 2 heterocycles. The van der Waals surface area contributed by atoms with Crippen LogP contribution in [0, 0.1) is 0 Å². The lowest BCUT2D eigenvalue weighted by Crippen LogP contribution is -2.20. The maximum Gasteiger partial charge on any atom is 0.266 e. The molecule has 5 heteroatoms. The maximum absolute atomic E-state index is 11.9. The summed E-state index contributed by atoms with van der Waals surface area (Å²) >= 11 is 3.36. The second kappa shape index (κ2) is 3.48. The molecule has 0 aliphatic carbocycles. The highest BCUT2D eigenvalue weighted by atomic mass is 79.9. The smallest absolute Gasteiger partial charge is 0.266 e. The first-order valence-corrected chi connectivity index (χ1v) is 5.54. The quantitative estimate of drug-likeness (QED) is 0.863. The number of hydrogen-bond donors (Lipinski definition) is 1. The fraction of sp³-hybridized carbons (Fsp3) is 0.400. The third-order valence-corrected chi connectivity index (χ3v) is 3.32. The van der Waals surface area contributed by atoms with Crippen LogP contribution >= 0.6 is 15.9 Å². The molecular weight excluding hydrogens is 258 g/mol. The molecule has 1 N–H and O–H groups in total. The minimum absolute atomic E-state index is 0.0320. The van der Waals surface area contributed by atoms with Gasteiger partial charge < -0.3 is 0 Å². The lowest BCUT2D eigenvalue weighted by atomic mass is 10.0. The zero-order chi connectivity index (χ0) is 11.2. The number of H-pyrrole nitrogens is 1. The number of nitrogens with zero attached hydrogens (tertiary/aromatic N) is 2. The number of fused-ring (bicyclic) bond motifs is 1. The molecule has 0 unspecified atom stereocenters. The number of aryl methyl sites for hydroxylation is 1. The third-order valence-electron chi connectivity index (χ3n) is 2.55. The van der Waals surface area contributed by atoms with Gasteiger partial charge in [0.15, 0.2) is 0 Å². The summed E-state index contributed by atoms with van der Waals surface area (Å²) in [6.45, 7) is 4.12. The molecule has 0 spiro atoms. The maximum atomic E-state index is 11.9. The molecule has 0 aliphatic heterocycles. The second-order valence-corrected chi connectivity index (χ2v) is 4.67. The summed E-state index contributed by atoms with van der Waals surface area (Å²) < 4.78 is 2.20. The number of pyridine rings is 1. The summed E-state index contributed by atoms with van der Waals surface area (Å²) in [6.07, 6.45) is 1.76. The molecular formula is C10H12BrN3O. The highest BCUT2D eigenvalue weighted by Gasteiger charge is 2.16. The highest BCUT2D eigenvalue weighted by Crippen LogP contribution is 2.28. The van der Waals surface area contributed by atoms with Crippen LogP contribution in [0.25, 0.3) is 11.0 Å². The number of aromatic amines is 1. The molecule has 15 heavy (non-hydrogen) atoms. The number of halogens is 1. The summed E-state index contributed by atoms with van der Waals surface area (Å²) in [5.41, 5.74) is 1.75. The van der Waals surface area contributed by atoms with Crippen LogP contribution in [0.2, 0.25) is 0 Å². The molecule has 0 amide bonds. The van der Waals surface area contributed by atoms with Crippen molar-refractivity contribution < 1.29 is 0 Å². The van der Waals surface area contributed by atoms with Gasteiger partial charge in [0.05, 0.1) is 10.7 Å². The van der Waals surface area contributed by atoms with Crippen molar-refractivity contribution in [3.8, 4) is 0 Å². The van der Waals surface area contributed by atoms with E-state index in [0.29, 0.717) is 4.47 Å². The Morgan fingerprint density at radius 1 is 1.53 bits per heavy atom. The van der Waals surface area contributed by atoms with Crippen LogP contribution in [0.4, 0.5) is 0 Å². The average Bonchev–Trinajstić information content (AvgIpc) is 2.62. The van der Waals surface area contributed by atoms with Gasteiger partial charge in [-0.25, -0.2) is 0 Å². The van der Waals surface area contributed by atoms with E-state index in [0.717, 1.165) is 16.6 Å². The molecule has 0 atom stereocenters. The van der Waals surface area contributed by atoms with Gasteiger partial charge in [-0.1, -0.05) is 13.8 Å². The van der Waals surface area contributed by atoms with Crippen molar-refractivity contribution in [1.82, 2.24) is 14.8 Å². The summed E-state index contributed by atoms with van der Waals surface area (Å²) in [4.78, 5) is 11.9. The fourth-order valence-electron chi connectivity index (χ4n) is 1.78. The highest BCUT2D eigenvalue weighted by molar-refractivity contribution is 9.10. The van der Waals surface area contributed by atoms with Crippen LogP contribution in [0.5, 0.6) is 0 Å². The zero-order valence-electron chi connectivity index (χ0n) is 8.84. The van der Waals surface area contributed by atoms with Gasteiger partial charge in [-0.2, -0.15) is 5.10 Å². The molecule has 0 aromatic carbocycles. The predicted octanol–water partition coefficient (Wildman–Crippen LogP) is 2.15. The largest absolute Gasteiger partial charge is 0.295 e. The van der Waals surface area contributed by atoms with E-state index in [-0.39, 0.29) is 11.5 Å². The molecule has 0 saturated carbocycles. The molecule has 0 aliphatic rings. The Kier molecular flexibility index (Phi) is 2.42. The standard InChI is InChI=1S/C10H12BrN3O/c1-5(2)7-6-4-12-13-9(6)14(3)10(15)8(7)11/h4-5H,1-3H3,(H,12,13). The van der Waals surface area contributed by atoms with E-state index in [1.807, 2.05) is 0 Å². The molecule has 2 aromatic rings. The minimum Gasteiger partial charge on any atom is -0.295 e. The first kappa shape index (κ1) is 10.4. The van der Waals surface area contributed by atoms with Crippen molar-refractivity contribution in [2.75, 3.05) is 0 Å². The lowest BCUT2D eigenvalue weighted by molar-refractivity contribution is 0.829. The number of nitrogens with one attached hydrogen (secondary N) is 1. The van der Waals surface area contributed by atoms with Crippen molar-refractivity contribution in [3.63, 3.8) is 0 Å². The minimum atomic E-state index is -0.0320. The van der Waals surface area contributed by atoms with Gasteiger partial charge in [0.1, 0.15) is 5.65 Å². The van der Waals surface area contributed by atoms with E-state index in [2.05, 4.69) is 40.0 Å². The van der Waals surface area contributed by atoms with Gasteiger partial charge in [0, 0.05) is 12.4 Å². The molecule has 4 nitrogen and oxygen atoms in total. The van der Waals surface area contributed by atoms with Gasteiger partial charge in [0.2, 0.25) is 0 Å². The van der Waals surface area contributed by atoms with Gasteiger partial charge in [-0.15, -0.1) is 0 Å². The summed E-state index contributed by atoms with van der Waals surface area (Å²) in [5, 5.41) is 7.82. The molecule has 0 fully saturated rings. The SMILES string of the molecule is CC(C)c1c(Br)c(=O)n(C)c2[nH]ncc12. The first-order valence-electron chi connectivity index (χ1n) is 4.75. The van der Waals surface area contributed by atoms with Gasteiger partial charge in [-0.05, 0) is 27.4 Å². The van der Waals surface area contributed by atoms with Crippen LogP contribution in [0.3, 0.4) is 0 Å². The van der Waals surface area contributed by atoms with E-state index >= 15 is 0 Å². The van der Waals surface area contributed by atoms with E-state index in [4.69, 9.17) is 0 Å². The Bertz CT molecular complexity index is 568. The number of rotatable bonds is 1. The molecule has 0 saturated heterocycles. The molecule has 0 radical (unpaired) electrons. The lowest BCUT2D eigenvalue weighted by Gasteiger charge is -2.11. The summed E-state index contributed by atoms with van der Waals surface area (Å²) in [5.74, 6) is 0.286. The van der Waals surface area contributed by atoms with E-state index in [9.17, 15) is 4.79 Å². The molecule has 2 rings (SSSR count). The molecule has 80 valence electrons. The van der Waals surface area contributed by atoms with Crippen molar-refractivity contribution in [1.29, 1.82) is 0 Å². The van der Waals surface area contributed by atoms with Crippen LogP contribution in [-0.4, -0.2) is 14.8 Å². The zero-order valence-corrected chi connectivity index (χ0v) is 10.4. The third kappa shape index (κ3) is 1.42. The Morgan fingerprint density at radius 3 is 2.80 bits per heavy atom. The predicted molar refractivity (Wildman–Crippen MR) is 63.1 cm³/mol. The Morgan fingerprint density at radius 2 is 2.20 bits per heavy atom. The monoisotopic (exact) mass is 269 g/mol. The summed E-state index contributed by atoms with van der Waals surface area (Å²) in [6, 6.07) is 0. The van der Waals surface area contributed by atoms with E-state index in [1.54, 1.807) is 17.8 Å². The van der Waals surface area contributed by atoms with Gasteiger partial charge >= 0.3 is 0 Å². The second-order valence-electron chi connectivity index (χ2n) is 3.88. The van der Waals surface area contributed by atoms with Crippen LogP contribution in [0.15, 0.2) is 15.5 Å².